The van der Waals surface area contributed by atoms with E-state index in [2.05, 4.69) is 17.4 Å². The SMILES string of the molecule is COc1cccc2sc3nc(-c4ccc(Cl)cc4)c(C)n3c12. The number of imidazole rings is 1. The van der Waals surface area contributed by atoms with Crippen LogP contribution in [0.2, 0.25) is 5.02 Å². The molecule has 2 aromatic heterocycles. The minimum Gasteiger partial charge on any atom is -0.495 e. The first kappa shape index (κ1) is 13.6. The molecular weight excluding hydrogens is 316 g/mol. The van der Waals surface area contributed by atoms with Crippen molar-refractivity contribution in [3.05, 3.63) is 53.2 Å². The number of hydrogen-bond acceptors (Lipinski definition) is 3. The molecule has 3 nitrogen and oxygen atoms in total. The normalized spacial score (nSPS) is 11.4. The highest BCUT2D eigenvalue weighted by atomic mass is 35.5. The molecule has 0 N–H and O–H groups in total. The number of halogens is 1. The van der Waals surface area contributed by atoms with Gasteiger partial charge in [-0.15, -0.1) is 0 Å². The number of aryl methyl sites for hydroxylation is 1. The standard InChI is InChI=1S/C17H13ClN2OS/c1-10-15(11-6-8-12(18)9-7-11)19-17-20(10)16-13(21-2)4-3-5-14(16)22-17/h3-9H,1-2H3. The summed E-state index contributed by atoms with van der Waals surface area (Å²) in [5, 5.41) is 0.731. The monoisotopic (exact) mass is 328 g/mol. The average molecular weight is 329 g/mol. The first-order valence-electron chi connectivity index (χ1n) is 6.89. The molecule has 0 atom stereocenters. The molecule has 0 aliphatic rings. The second-order valence-electron chi connectivity index (χ2n) is 5.08. The number of nitrogens with zero attached hydrogens (tertiary/aromatic N) is 2. The lowest BCUT2D eigenvalue weighted by Gasteiger charge is -2.04. The Balaban J connectivity index is 2.03. The predicted octanol–water partition coefficient (Wildman–Crippen LogP) is 5.19. The lowest BCUT2D eigenvalue weighted by Crippen LogP contribution is -1.90. The molecule has 22 heavy (non-hydrogen) atoms. The number of aromatic nitrogens is 2. The Morgan fingerprint density at radius 3 is 2.64 bits per heavy atom. The van der Waals surface area contributed by atoms with E-state index >= 15 is 0 Å². The zero-order chi connectivity index (χ0) is 15.3. The van der Waals surface area contributed by atoms with Gasteiger partial charge in [-0.05, 0) is 31.2 Å². The number of thiazole rings is 1. The fourth-order valence-corrected chi connectivity index (χ4v) is 3.97. The largest absolute Gasteiger partial charge is 0.495 e. The van der Waals surface area contributed by atoms with Crippen LogP contribution in [0.5, 0.6) is 5.75 Å². The van der Waals surface area contributed by atoms with Crippen LogP contribution in [-0.2, 0) is 0 Å². The van der Waals surface area contributed by atoms with Gasteiger partial charge in [0.25, 0.3) is 0 Å². The highest BCUT2D eigenvalue weighted by Crippen LogP contribution is 2.36. The number of ether oxygens (including phenoxy) is 1. The number of para-hydroxylation sites is 1. The third-order valence-electron chi connectivity index (χ3n) is 3.80. The van der Waals surface area contributed by atoms with Crippen LogP contribution in [0.1, 0.15) is 5.69 Å². The van der Waals surface area contributed by atoms with Crippen molar-refractivity contribution in [2.75, 3.05) is 7.11 Å². The van der Waals surface area contributed by atoms with E-state index < -0.39 is 0 Å². The van der Waals surface area contributed by atoms with E-state index in [1.165, 1.54) is 4.70 Å². The summed E-state index contributed by atoms with van der Waals surface area (Å²) in [5.41, 5.74) is 4.24. The molecule has 4 aromatic rings. The Kier molecular flexibility index (Phi) is 3.10. The third kappa shape index (κ3) is 1.91. The van der Waals surface area contributed by atoms with E-state index in [4.69, 9.17) is 21.3 Å². The van der Waals surface area contributed by atoms with Gasteiger partial charge >= 0.3 is 0 Å². The first-order valence-corrected chi connectivity index (χ1v) is 8.09. The molecule has 2 heterocycles. The summed E-state index contributed by atoms with van der Waals surface area (Å²) in [4.78, 5) is 5.78. The molecule has 0 saturated heterocycles. The smallest absolute Gasteiger partial charge is 0.195 e. The van der Waals surface area contributed by atoms with Gasteiger partial charge in [-0.3, -0.25) is 4.40 Å². The number of hydrogen-bond donors (Lipinski definition) is 0. The van der Waals surface area contributed by atoms with Crippen molar-refractivity contribution >= 4 is 38.1 Å². The average Bonchev–Trinajstić information content (AvgIpc) is 3.05. The molecule has 0 aliphatic carbocycles. The molecule has 0 spiro atoms. The van der Waals surface area contributed by atoms with Gasteiger partial charge in [0, 0.05) is 16.3 Å². The Morgan fingerprint density at radius 2 is 1.91 bits per heavy atom. The van der Waals surface area contributed by atoms with E-state index in [1.54, 1.807) is 18.4 Å². The summed E-state index contributed by atoms with van der Waals surface area (Å²) in [7, 11) is 1.70. The minimum absolute atomic E-state index is 0.731. The maximum atomic E-state index is 5.97. The molecule has 0 radical (unpaired) electrons. The van der Waals surface area contributed by atoms with Crippen molar-refractivity contribution in [3.8, 4) is 17.0 Å². The van der Waals surface area contributed by atoms with Crippen LogP contribution in [0, 0.1) is 6.92 Å². The van der Waals surface area contributed by atoms with Crippen molar-refractivity contribution in [3.63, 3.8) is 0 Å². The van der Waals surface area contributed by atoms with Crippen LogP contribution < -0.4 is 4.74 Å². The van der Waals surface area contributed by atoms with E-state index in [-0.39, 0.29) is 0 Å². The quantitative estimate of drug-likeness (QED) is 0.506. The zero-order valence-corrected chi connectivity index (χ0v) is 13.7. The number of benzene rings is 2. The molecule has 0 unspecified atom stereocenters. The summed E-state index contributed by atoms with van der Waals surface area (Å²) in [6.07, 6.45) is 0. The lowest BCUT2D eigenvalue weighted by molar-refractivity contribution is 0.418. The van der Waals surface area contributed by atoms with Gasteiger partial charge in [0.05, 0.1) is 17.5 Å². The van der Waals surface area contributed by atoms with Crippen LogP contribution >= 0.6 is 22.9 Å². The van der Waals surface area contributed by atoms with E-state index in [0.29, 0.717) is 0 Å². The van der Waals surface area contributed by atoms with E-state index in [9.17, 15) is 0 Å². The Hall–Kier alpha value is -2.04. The second kappa shape index (κ2) is 5.00. The van der Waals surface area contributed by atoms with Gasteiger partial charge in [-0.25, -0.2) is 4.98 Å². The van der Waals surface area contributed by atoms with Crippen LogP contribution in [0.25, 0.3) is 26.4 Å². The molecule has 110 valence electrons. The fraction of sp³-hybridized carbons (Fsp3) is 0.118. The maximum absolute atomic E-state index is 5.97. The van der Waals surface area contributed by atoms with Gasteiger partial charge in [-0.2, -0.15) is 0 Å². The molecular formula is C17H13ClN2OS. The maximum Gasteiger partial charge on any atom is 0.195 e. The van der Waals surface area contributed by atoms with Crippen LogP contribution in [0.15, 0.2) is 42.5 Å². The van der Waals surface area contributed by atoms with Crippen LogP contribution in [0.4, 0.5) is 0 Å². The van der Waals surface area contributed by atoms with Crippen molar-refractivity contribution in [2.24, 2.45) is 0 Å². The molecule has 4 rings (SSSR count). The molecule has 0 fully saturated rings. The summed E-state index contributed by atoms with van der Waals surface area (Å²) in [6, 6.07) is 13.9. The van der Waals surface area contributed by atoms with E-state index in [1.807, 2.05) is 36.4 Å². The summed E-state index contributed by atoms with van der Waals surface area (Å²) < 4.78 is 8.86. The first-order chi connectivity index (χ1) is 10.7. The summed E-state index contributed by atoms with van der Waals surface area (Å²) in [5.74, 6) is 0.868. The Morgan fingerprint density at radius 1 is 1.14 bits per heavy atom. The lowest BCUT2D eigenvalue weighted by atomic mass is 10.1. The van der Waals surface area contributed by atoms with Gasteiger partial charge in [0.1, 0.15) is 11.3 Å². The molecule has 0 amide bonds. The molecule has 2 aromatic carbocycles. The third-order valence-corrected chi connectivity index (χ3v) is 5.06. The topological polar surface area (TPSA) is 26.5 Å². The number of fused-ring (bicyclic) bond motifs is 3. The van der Waals surface area contributed by atoms with E-state index in [0.717, 1.165) is 38.2 Å². The number of rotatable bonds is 2. The molecule has 0 saturated carbocycles. The van der Waals surface area contributed by atoms with Crippen molar-refractivity contribution < 1.29 is 4.74 Å². The summed E-state index contributed by atoms with van der Waals surface area (Å²) in [6.45, 7) is 2.09. The highest BCUT2D eigenvalue weighted by Gasteiger charge is 2.17. The van der Waals surface area contributed by atoms with Gasteiger partial charge < -0.3 is 4.74 Å². The van der Waals surface area contributed by atoms with Crippen molar-refractivity contribution in [2.45, 2.75) is 6.92 Å². The highest BCUT2D eigenvalue weighted by molar-refractivity contribution is 7.23. The van der Waals surface area contributed by atoms with Gasteiger partial charge in [0.2, 0.25) is 0 Å². The van der Waals surface area contributed by atoms with Crippen LogP contribution in [0.3, 0.4) is 0 Å². The van der Waals surface area contributed by atoms with Crippen molar-refractivity contribution in [1.82, 2.24) is 9.38 Å². The minimum atomic E-state index is 0.731. The number of methoxy groups -OCH3 is 1. The fourth-order valence-electron chi connectivity index (χ4n) is 2.76. The second-order valence-corrected chi connectivity index (χ2v) is 6.53. The zero-order valence-electron chi connectivity index (χ0n) is 12.1. The van der Waals surface area contributed by atoms with Crippen molar-refractivity contribution in [1.29, 1.82) is 0 Å². The Bertz CT molecular complexity index is 985. The molecule has 0 bridgehead atoms. The Labute approximate surface area is 136 Å². The van der Waals surface area contributed by atoms with Gasteiger partial charge in [-0.1, -0.05) is 41.1 Å². The molecule has 5 heteroatoms. The predicted molar refractivity (Wildman–Crippen MR) is 92.3 cm³/mol. The van der Waals surface area contributed by atoms with Crippen LogP contribution in [-0.4, -0.2) is 16.5 Å². The van der Waals surface area contributed by atoms with Gasteiger partial charge in [0.15, 0.2) is 4.96 Å². The summed E-state index contributed by atoms with van der Waals surface area (Å²) >= 11 is 7.64. The molecule has 0 aliphatic heterocycles.